The van der Waals surface area contributed by atoms with Gasteiger partial charge in [0, 0.05) is 29.9 Å². The minimum absolute atomic E-state index is 0.194. The summed E-state index contributed by atoms with van der Waals surface area (Å²) in [6.45, 7) is 2.76. The molecule has 1 amide bonds. The fraction of sp³-hybridized carbons (Fsp3) is 0.364. The quantitative estimate of drug-likeness (QED) is 0.637. The predicted molar refractivity (Wildman–Crippen MR) is 123 cm³/mol. The highest BCUT2D eigenvalue weighted by atomic mass is 35.5. The lowest BCUT2D eigenvalue weighted by Crippen LogP contribution is -2.72. The molecule has 1 fully saturated rings. The molecule has 2 heterocycles. The number of rotatable bonds is 6. The normalized spacial score (nSPS) is 24.0. The van der Waals surface area contributed by atoms with Gasteiger partial charge in [0.15, 0.2) is 22.3 Å². The predicted octanol–water partition coefficient (Wildman–Crippen LogP) is 3.59. The number of amides is 1. The first-order valence-electron chi connectivity index (χ1n) is 9.88. The maximum atomic E-state index is 13.6. The van der Waals surface area contributed by atoms with Gasteiger partial charge in [-0.3, -0.25) is 4.79 Å². The summed E-state index contributed by atoms with van der Waals surface area (Å²) < 4.78 is 17.3. The van der Waals surface area contributed by atoms with E-state index in [4.69, 9.17) is 38.0 Å². The van der Waals surface area contributed by atoms with Crippen molar-refractivity contribution in [1.82, 2.24) is 10.2 Å². The standard InChI is InChI=1S/C22H24ClN3O4S/c1-22-17(20(27)24-14-9-7-13(23)8-10-14)18(25-21(31)26(22)11-12-28-2)15-5-4-6-16(29-3)19(15)30-22/h4-10,17-18H,11-12H2,1-3H3,(H,24,27)(H,25,31). The molecule has 31 heavy (non-hydrogen) atoms. The third-order valence-corrected chi connectivity index (χ3v) is 6.35. The molecule has 2 aliphatic heterocycles. The van der Waals surface area contributed by atoms with Crippen LogP contribution in [0.5, 0.6) is 11.5 Å². The van der Waals surface area contributed by atoms with Gasteiger partial charge in [-0.2, -0.15) is 0 Å². The fourth-order valence-corrected chi connectivity index (χ4v) is 4.78. The number of carbonyl (C=O) groups excluding carboxylic acids is 1. The van der Waals surface area contributed by atoms with E-state index in [0.717, 1.165) is 5.56 Å². The van der Waals surface area contributed by atoms with Crippen LogP contribution in [0.1, 0.15) is 18.5 Å². The van der Waals surface area contributed by atoms with Gasteiger partial charge in [-0.05, 0) is 49.5 Å². The lowest BCUT2D eigenvalue weighted by atomic mass is 9.78. The molecule has 9 heteroatoms. The van der Waals surface area contributed by atoms with Crippen molar-refractivity contribution in [3.8, 4) is 11.5 Å². The van der Waals surface area contributed by atoms with E-state index in [-0.39, 0.29) is 11.9 Å². The van der Waals surface area contributed by atoms with Crippen molar-refractivity contribution in [2.24, 2.45) is 5.92 Å². The Hall–Kier alpha value is -2.55. The number of carbonyl (C=O) groups is 1. The summed E-state index contributed by atoms with van der Waals surface area (Å²) in [6.07, 6.45) is 0. The van der Waals surface area contributed by atoms with Crippen LogP contribution in [0.15, 0.2) is 42.5 Å². The number of methoxy groups -OCH3 is 2. The van der Waals surface area contributed by atoms with Crippen LogP contribution in [0, 0.1) is 5.92 Å². The van der Waals surface area contributed by atoms with Crippen LogP contribution in [-0.4, -0.2) is 49.0 Å². The molecular formula is C22H24ClN3O4S. The highest BCUT2D eigenvalue weighted by Gasteiger charge is 2.59. The molecule has 0 saturated carbocycles. The maximum Gasteiger partial charge on any atom is 0.236 e. The molecule has 2 aromatic carbocycles. The lowest BCUT2D eigenvalue weighted by molar-refractivity contribution is -0.150. The van der Waals surface area contributed by atoms with Crippen LogP contribution < -0.4 is 20.1 Å². The zero-order chi connectivity index (χ0) is 22.2. The molecule has 0 spiro atoms. The summed E-state index contributed by atoms with van der Waals surface area (Å²) >= 11 is 11.6. The van der Waals surface area contributed by atoms with Gasteiger partial charge in [-0.15, -0.1) is 0 Å². The first-order chi connectivity index (χ1) is 14.9. The summed E-state index contributed by atoms with van der Waals surface area (Å²) in [5, 5.41) is 7.45. The van der Waals surface area contributed by atoms with Crippen LogP contribution in [0.4, 0.5) is 5.69 Å². The number of hydrogen-bond acceptors (Lipinski definition) is 5. The molecule has 4 rings (SSSR count). The first-order valence-corrected chi connectivity index (χ1v) is 10.7. The van der Waals surface area contributed by atoms with Gasteiger partial charge in [0.2, 0.25) is 5.91 Å². The molecule has 2 aromatic rings. The van der Waals surface area contributed by atoms with Gasteiger partial charge in [0.1, 0.15) is 5.92 Å². The second kappa shape index (κ2) is 8.53. The molecule has 3 unspecified atom stereocenters. The average Bonchev–Trinajstić information content (AvgIpc) is 2.74. The lowest BCUT2D eigenvalue weighted by Gasteiger charge is -2.56. The van der Waals surface area contributed by atoms with E-state index in [2.05, 4.69) is 10.6 Å². The summed E-state index contributed by atoms with van der Waals surface area (Å²) in [5.74, 6) is 0.407. The highest BCUT2D eigenvalue weighted by Crippen LogP contribution is 2.51. The Bertz CT molecular complexity index is 1000. The van der Waals surface area contributed by atoms with Crippen LogP contribution >= 0.6 is 23.8 Å². The molecule has 0 radical (unpaired) electrons. The number of fused-ring (bicyclic) bond motifs is 4. The Labute approximate surface area is 191 Å². The van der Waals surface area contributed by atoms with Gasteiger partial charge < -0.3 is 29.7 Å². The number of nitrogens with zero attached hydrogens (tertiary/aromatic N) is 1. The topological polar surface area (TPSA) is 72.1 Å². The Balaban J connectivity index is 1.77. The third-order valence-electron chi connectivity index (χ3n) is 5.76. The fourth-order valence-electron chi connectivity index (χ4n) is 4.26. The molecule has 0 aromatic heterocycles. The van der Waals surface area contributed by atoms with E-state index in [1.54, 1.807) is 38.5 Å². The number of nitrogens with one attached hydrogen (secondary N) is 2. The van der Waals surface area contributed by atoms with Crippen LogP contribution in [0.25, 0.3) is 0 Å². The third kappa shape index (κ3) is 3.79. The van der Waals surface area contributed by atoms with Crippen molar-refractivity contribution in [3.63, 3.8) is 0 Å². The van der Waals surface area contributed by atoms with Gasteiger partial charge in [0.05, 0.1) is 19.8 Å². The molecule has 2 bridgehead atoms. The summed E-state index contributed by atoms with van der Waals surface area (Å²) in [7, 11) is 3.22. The number of thiocarbonyl (C=S) groups is 1. The first kappa shape index (κ1) is 21.7. The van der Waals surface area contributed by atoms with Crippen molar-refractivity contribution in [3.05, 3.63) is 53.1 Å². The Morgan fingerprint density at radius 2 is 2.03 bits per heavy atom. The number of anilines is 1. The largest absolute Gasteiger partial charge is 0.493 e. The summed E-state index contributed by atoms with van der Waals surface area (Å²) in [5.41, 5.74) is 0.421. The van der Waals surface area contributed by atoms with Crippen molar-refractivity contribution in [2.45, 2.75) is 18.7 Å². The van der Waals surface area contributed by atoms with E-state index in [0.29, 0.717) is 40.5 Å². The van der Waals surface area contributed by atoms with Crippen molar-refractivity contribution in [1.29, 1.82) is 0 Å². The van der Waals surface area contributed by atoms with Crippen molar-refractivity contribution in [2.75, 3.05) is 32.7 Å². The smallest absolute Gasteiger partial charge is 0.236 e. The van der Waals surface area contributed by atoms with Crippen LogP contribution in [-0.2, 0) is 9.53 Å². The van der Waals surface area contributed by atoms with Gasteiger partial charge in [-0.1, -0.05) is 23.7 Å². The van der Waals surface area contributed by atoms with Crippen molar-refractivity contribution < 1.29 is 19.0 Å². The summed E-state index contributed by atoms with van der Waals surface area (Å²) in [4.78, 5) is 15.4. The molecule has 3 atom stereocenters. The second-order valence-electron chi connectivity index (χ2n) is 7.58. The Kier molecular flexibility index (Phi) is 5.96. The number of para-hydroxylation sites is 1. The average molecular weight is 462 g/mol. The number of hydrogen-bond donors (Lipinski definition) is 2. The monoisotopic (exact) mass is 461 g/mol. The molecule has 1 saturated heterocycles. The Morgan fingerprint density at radius 3 is 2.71 bits per heavy atom. The van der Waals surface area contributed by atoms with Crippen LogP contribution in [0.2, 0.25) is 5.02 Å². The van der Waals surface area contributed by atoms with Gasteiger partial charge in [0.25, 0.3) is 0 Å². The molecule has 164 valence electrons. The van der Waals surface area contributed by atoms with E-state index in [9.17, 15) is 4.79 Å². The zero-order valence-electron chi connectivity index (χ0n) is 17.5. The van der Waals surface area contributed by atoms with E-state index in [1.807, 2.05) is 30.0 Å². The molecular weight excluding hydrogens is 438 g/mol. The van der Waals surface area contributed by atoms with Gasteiger partial charge in [-0.25, -0.2) is 0 Å². The number of benzene rings is 2. The highest BCUT2D eigenvalue weighted by molar-refractivity contribution is 7.80. The number of ether oxygens (including phenoxy) is 3. The van der Waals surface area contributed by atoms with Crippen LogP contribution in [0.3, 0.4) is 0 Å². The summed E-state index contributed by atoms with van der Waals surface area (Å²) in [6, 6.07) is 12.2. The number of halogens is 1. The molecule has 0 aliphatic carbocycles. The maximum absolute atomic E-state index is 13.6. The SMILES string of the molecule is COCCN1C(=S)NC2c3cccc(OC)c3OC1(C)C2C(=O)Nc1ccc(Cl)cc1. The molecule has 2 aliphatic rings. The zero-order valence-corrected chi connectivity index (χ0v) is 19.0. The van der Waals surface area contributed by atoms with E-state index in [1.165, 1.54) is 0 Å². The van der Waals surface area contributed by atoms with Crippen molar-refractivity contribution >= 4 is 40.5 Å². The Morgan fingerprint density at radius 1 is 1.29 bits per heavy atom. The second-order valence-corrected chi connectivity index (χ2v) is 8.40. The van der Waals surface area contributed by atoms with Gasteiger partial charge >= 0.3 is 0 Å². The minimum Gasteiger partial charge on any atom is -0.493 e. The molecule has 2 N–H and O–H groups in total. The van der Waals surface area contributed by atoms with E-state index >= 15 is 0 Å². The minimum atomic E-state index is -1.05. The molecule has 7 nitrogen and oxygen atoms in total. The van der Waals surface area contributed by atoms with E-state index < -0.39 is 11.6 Å².